The van der Waals surface area contributed by atoms with Gasteiger partial charge in [0.15, 0.2) is 0 Å². The molecule has 3 aromatic carbocycles. The first-order valence-corrected chi connectivity index (χ1v) is 13.6. The normalized spacial score (nSPS) is 12.2. The van der Waals surface area contributed by atoms with Gasteiger partial charge in [-0.15, -0.1) is 11.3 Å². The van der Waals surface area contributed by atoms with Crippen molar-refractivity contribution in [2.45, 2.75) is 30.7 Å². The predicted octanol–water partition coefficient (Wildman–Crippen LogP) is 4.26. The standard InChI is InChI=1S/C26H26N4O4S2/c1-18-8-6-7-11-24(18)36(33,34)29-26(32)28-22(14-12-19-9-4-3-5-10-19)25(31)30(2)20-13-15-21-23(16-20)35-17-27-21/h3-11,13,15-17,22H,12,14H2,1-2H3,(H2,28,29,32)/t22-/m0/s1. The lowest BCUT2D eigenvalue weighted by Gasteiger charge is -2.25. The Kier molecular flexibility index (Phi) is 7.66. The molecule has 0 fully saturated rings. The second-order valence-corrected chi connectivity index (χ2v) is 10.9. The van der Waals surface area contributed by atoms with Crippen molar-refractivity contribution < 1.29 is 18.0 Å². The van der Waals surface area contributed by atoms with Crippen LogP contribution in [0.3, 0.4) is 0 Å². The zero-order valence-corrected chi connectivity index (χ0v) is 21.5. The van der Waals surface area contributed by atoms with E-state index in [9.17, 15) is 18.0 Å². The first-order valence-electron chi connectivity index (χ1n) is 11.3. The lowest BCUT2D eigenvalue weighted by molar-refractivity contribution is -0.120. The van der Waals surface area contributed by atoms with Crippen molar-refractivity contribution in [1.29, 1.82) is 0 Å². The van der Waals surface area contributed by atoms with Crippen LogP contribution < -0.4 is 14.9 Å². The second kappa shape index (κ2) is 10.9. The molecule has 1 aromatic heterocycles. The molecule has 1 atom stereocenters. The highest BCUT2D eigenvalue weighted by Gasteiger charge is 2.27. The number of nitrogens with zero attached hydrogens (tertiary/aromatic N) is 2. The van der Waals surface area contributed by atoms with E-state index in [2.05, 4.69) is 10.3 Å². The lowest BCUT2D eigenvalue weighted by atomic mass is 10.0. The summed E-state index contributed by atoms with van der Waals surface area (Å²) in [6.07, 6.45) is 0.803. The Morgan fingerprint density at radius 3 is 2.50 bits per heavy atom. The number of rotatable bonds is 8. The molecule has 4 rings (SSSR count). The highest BCUT2D eigenvalue weighted by Crippen LogP contribution is 2.24. The summed E-state index contributed by atoms with van der Waals surface area (Å²) in [5.41, 5.74) is 4.73. The summed E-state index contributed by atoms with van der Waals surface area (Å²) < 4.78 is 28.5. The van der Waals surface area contributed by atoms with E-state index in [0.29, 0.717) is 17.7 Å². The number of urea groups is 1. The molecular weight excluding hydrogens is 496 g/mol. The molecule has 4 aromatic rings. The Morgan fingerprint density at radius 1 is 1.03 bits per heavy atom. The number of sulfonamides is 1. The Morgan fingerprint density at radius 2 is 1.75 bits per heavy atom. The number of fused-ring (bicyclic) bond motifs is 1. The van der Waals surface area contributed by atoms with Crippen LogP contribution >= 0.6 is 11.3 Å². The van der Waals surface area contributed by atoms with Gasteiger partial charge in [0.05, 0.1) is 20.6 Å². The Balaban J connectivity index is 1.53. The molecule has 0 saturated carbocycles. The van der Waals surface area contributed by atoms with E-state index in [-0.39, 0.29) is 17.2 Å². The molecule has 36 heavy (non-hydrogen) atoms. The van der Waals surface area contributed by atoms with Gasteiger partial charge in [0.25, 0.3) is 10.0 Å². The van der Waals surface area contributed by atoms with Crippen LogP contribution in [0.25, 0.3) is 10.2 Å². The Hall–Kier alpha value is -3.76. The molecule has 0 spiro atoms. The monoisotopic (exact) mass is 522 g/mol. The van der Waals surface area contributed by atoms with Gasteiger partial charge in [-0.05, 0) is 55.2 Å². The lowest BCUT2D eigenvalue weighted by Crippen LogP contribution is -2.51. The summed E-state index contributed by atoms with van der Waals surface area (Å²) >= 11 is 1.47. The van der Waals surface area contributed by atoms with Crippen molar-refractivity contribution in [3.8, 4) is 0 Å². The summed E-state index contributed by atoms with van der Waals surface area (Å²) in [5.74, 6) is -0.363. The van der Waals surface area contributed by atoms with Gasteiger partial charge in [0.1, 0.15) is 6.04 Å². The average molecular weight is 523 g/mol. The van der Waals surface area contributed by atoms with Gasteiger partial charge < -0.3 is 10.2 Å². The third-order valence-corrected chi connectivity index (χ3v) is 8.09. The first-order chi connectivity index (χ1) is 17.2. The number of benzene rings is 3. The number of aryl methyl sites for hydroxylation is 2. The molecule has 186 valence electrons. The smallest absolute Gasteiger partial charge is 0.325 e. The maximum Gasteiger partial charge on any atom is 0.329 e. The molecule has 0 aliphatic heterocycles. The minimum atomic E-state index is -4.11. The van der Waals surface area contributed by atoms with Crippen LogP contribution in [-0.2, 0) is 21.2 Å². The Bertz CT molecular complexity index is 1490. The van der Waals surface area contributed by atoms with E-state index >= 15 is 0 Å². The van der Waals surface area contributed by atoms with Crippen LogP contribution in [0, 0.1) is 6.92 Å². The van der Waals surface area contributed by atoms with Crippen LogP contribution in [0.4, 0.5) is 10.5 Å². The topological polar surface area (TPSA) is 108 Å². The number of aromatic nitrogens is 1. The van der Waals surface area contributed by atoms with Gasteiger partial charge in [0.2, 0.25) is 5.91 Å². The number of hydrogen-bond acceptors (Lipinski definition) is 6. The third-order valence-electron chi connectivity index (χ3n) is 5.81. The second-order valence-electron chi connectivity index (χ2n) is 8.32. The Labute approximate surface area is 214 Å². The number of carbonyl (C=O) groups is 2. The van der Waals surface area contributed by atoms with Crippen molar-refractivity contribution in [3.63, 3.8) is 0 Å². The van der Waals surface area contributed by atoms with Crippen LogP contribution in [-0.4, -0.2) is 38.4 Å². The zero-order chi connectivity index (χ0) is 25.7. The van der Waals surface area contributed by atoms with Crippen molar-refractivity contribution in [1.82, 2.24) is 15.0 Å². The average Bonchev–Trinajstić information content (AvgIpc) is 3.34. The van der Waals surface area contributed by atoms with E-state index in [1.165, 1.54) is 22.3 Å². The molecule has 0 aliphatic carbocycles. The number of carbonyl (C=O) groups excluding carboxylic acids is 2. The highest BCUT2D eigenvalue weighted by atomic mass is 32.2. The first kappa shape index (κ1) is 25.3. The summed E-state index contributed by atoms with van der Waals surface area (Å²) in [5, 5.41) is 2.59. The number of anilines is 1. The van der Waals surface area contributed by atoms with E-state index in [1.807, 2.05) is 47.2 Å². The van der Waals surface area contributed by atoms with Gasteiger partial charge >= 0.3 is 6.03 Å². The van der Waals surface area contributed by atoms with Crippen molar-refractivity contribution in [2.75, 3.05) is 11.9 Å². The zero-order valence-electron chi connectivity index (χ0n) is 19.8. The molecule has 0 unspecified atom stereocenters. The quantitative estimate of drug-likeness (QED) is 0.360. The van der Waals surface area contributed by atoms with E-state index in [4.69, 9.17) is 0 Å². The fourth-order valence-electron chi connectivity index (χ4n) is 3.85. The summed E-state index contributed by atoms with van der Waals surface area (Å²) in [4.78, 5) is 32.0. The van der Waals surface area contributed by atoms with E-state index < -0.39 is 22.1 Å². The van der Waals surface area contributed by atoms with Crippen LogP contribution in [0.1, 0.15) is 17.5 Å². The van der Waals surface area contributed by atoms with Gasteiger partial charge in [-0.25, -0.2) is 22.9 Å². The van der Waals surface area contributed by atoms with E-state index in [0.717, 1.165) is 15.8 Å². The predicted molar refractivity (Wildman–Crippen MR) is 142 cm³/mol. The van der Waals surface area contributed by atoms with Crippen LogP contribution in [0.15, 0.2) is 83.2 Å². The molecule has 0 radical (unpaired) electrons. The highest BCUT2D eigenvalue weighted by molar-refractivity contribution is 7.90. The fraction of sp³-hybridized carbons (Fsp3) is 0.192. The molecule has 0 bridgehead atoms. The minimum absolute atomic E-state index is 0.00212. The molecule has 2 N–H and O–H groups in total. The fourth-order valence-corrected chi connectivity index (χ4v) is 5.72. The third kappa shape index (κ3) is 5.89. The molecule has 0 aliphatic rings. The molecular formula is C26H26N4O4S2. The number of amides is 3. The molecule has 1 heterocycles. The minimum Gasteiger partial charge on any atom is -0.325 e. The number of likely N-dealkylation sites (N-methyl/N-ethyl adjacent to an activating group) is 1. The molecule has 10 heteroatoms. The molecule has 8 nitrogen and oxygen atoms in total. The largest absolute Gasteiger partial charge is 0.329 e. The number of thiazole rings is 1. The van der Waals surface area contributed by atoms with Gasteiger partial charge in [-0.1, -0.05) is 48.5 Å². The van der Waals surface area contributed by atoms with Crippen LogP contribution in [0.2, 0.25) is 0 Å². The van der Waals surface area contributed by atoms with Gasteiger partial charge in [0, 0.05) is 12.7 Å². The van der Waals surface area contributed by atoms with Gasteiger partial charge in [-0.2, -0.15) is 0 Å². The maximum atomic E-state index is 13.5. The van der Waals surface area contributed by atoms with Crippen molar-refractivity contribution in [2.24, 2.45) is 0 Å². The summed E-state index contributed by atoms with van der Waals surface area (Å²) in [6, 6.07) is 19.5. The van der Waals surface area contributed by atoms with Crippen molar-refractivity contribution >= 4 is 49.2 Å². The van der Waals surface area contributed by atoms with E-state index in [1.54, 1.807) is 43.7 Å². The van der Waals surface area contributed by atoms with Gasteiger partial charge in [-0.3, -0.25) is 4.79 Å². The maximum absolute atomic E-state index is 13.5. The molecule has 0 saturated heterocycles. The SMILES string of the molecule is Cc1ccccc1S(=O)(=O)NC(=O)N[C@@H](CCc1ccccc1)C(=O)N(C)c1ccc2ncsc2c1. The van der Waals surface area contributed by atoms with Crippen LogP contribution in [0.5, 0.6) is 0 Å². The summed E-state index contributed by atoms with van der Waals surface area (Å²) in [7, 11) is -2.48. The van der Waals surface area contributed by atoms with Crippen molar-refractivity contribution in [3.05, 3.63) is 89.4 Å². The summed E-state index contributed by atoms with van der Waals surface area (Å²) in [6.45, 7) is 1.65. The number of nitrogens with one attached hydrogen (secondary N) is 2. The molecule has 3 amide bonds. The number of hydrogen-bond donors (Lipinski definition) is 2.